The normalized spacial score (nSPS) is 9.91. The number of rotatable bonds is 5. The molecule has 0 aliphatic carbocycles. The summed E-state index contributed by atoms with van der Waals surface area (Å²) < 4.78 is 20.9. The highest BCUT2D eigenvalue weighted by molar-refractivity contribution is 5.87. The van der Waals surface area contributed by atoms with Crippen molar-refractivity contribution in [1.29, 1.82) is 0 Å². The van der Waals surface area contributed by atoms with Gasteiger partial charge in [-0.25, -0.2) is 4.79 Å². The third kappa shape index (κ3) is 4.06. The van der Waals surface area contributed by atoms with Gasteiger partial charge in [0.1, 0.15) is 5.75 Å². The summed E-state index contributed by atoms with van der Waals surface area (Å²) in [4.78, 5) is 12.0. The molecule has 0 aliphatic heterocycles. The molecule has 0 fully saturated rings. The van der Waals surface area contributed by atoms with Gasteiger partial charge in [0.25, 0.3) is 0 Å². The summed E-state index contributed by atoms with van der Waals surface area (Å²) in [5, 5.41) is 2.63. The zero-order valence-electron chi connectivity index (χ0n) is 13.5. The van der Waals surface area contributed by atoms with Gasteiger partial charge in [0.15, 0.2) is 11.5 Å². The van der Waals surface area contributed by atoms with Gasteiger partial charge in [-0.2, -0.15) is 0 Å². The molecule has 2 aromatic carbocycles. The fraction of sp³-hybridized carbons (Fsp3) is 0.235. The van der Waals surface area contributed by atoms with E-state index in [9.17, 15) is 4.79 Å². The minimum Gasteiger partial charge on any atom is -0.493 e. The second-order valence-electron chi connectivity index (χ2n) is 4.74. The van der Waals surface area contributed by atoms with Crippen molar-refractivity contribution in [3.63, 3.8) is 0 Å². The Bertz CT molecular complexity index is 657. The fourth-order valence-corrected chi connectivity index (χ4v) is 2.01. The van der Waals surface area contributed by atoms with E-state index >= 15 is 0 Å². The summed E-state index contributed by atoms with van der Waals surface area (Å²) in [7, 11) is 4.52. The van der Waals surface area contributed by atoms with Crippen LogP contribution < -0.4 is 24.3 Å². The van der Waals surface area contributed by atoms with Crippen LogP contribution in [-0.2, 0) is 0 Å². The maximum absolute atomic E-state index is 12.0. The van der Waals surface area contributed by atoms with Gasteiger partial charge in [-0.05, 0) is 19.1 Å². The molecular formula is C17H19NO5. The fourth-order valence-electron chi connectivity index (χ4n) is 2.01. The Balaban J connectivity index is 2.15. The summed E-state index contributed by atoms with van der Waals surface area (Å²) in [6.45, 7) is 1.96. The van der Waals surface area contributed by atoms with Gasteiger partial charge in [0, 0.05) is 12.1 Å². The van der Waals surface area contributed by atoms with Gasteiger partial charge in [-0.3, -0.25) is 5.32 Å². The molecule has 0 unspecified atom stereocenters. The molecule has 23 heavy (non-hydrogen) atoms. The number of hydrogen-bond donors (Lipinski definition) is 1. The number of amides is 1. The van der Waals surface area contributed by atoms with Gasteiger partial charge in [-0.15, -0.1) is 0 Å². The molecule has 0 radical (unpaired) electrons. The number of nitrogens with one attached hydrogen (secondary N) is 1. The van der Waals surface area contributed by atoms with Crippen molar-refractivity contribution in [3.8, 4) is 23.0 Å². The molecule has 0 aromatic heterocycles. The van der Waals surface area contributed by atoms with E-state index in [0.717, 1.165) is 5.56 Å². The van der Waals surface area contributed by atoms with Crippen LogP contribution >= 0.6 is 0 Å². The Hall–Kier alpha value is -2.89. The van der Waals surface area contributed by atoms with Gasteiger partial charge in [-0.1, -0.05) is 17.7 Å². The first-order valence-electron chi connectivity index (χ1n) is 6.93. The summed E-state index contributed by atoms with van der Waals surface area (Å²) in [6, 6.07) is 10.4. The molecule has 122 valence electrons. The third-order valence-corrected chi connectivity index (χ3v) is 3.14. The van der Waals surface area contributed by atoms with E-state index in [2.05, 4.69) is 5.32 Å². The molecule has 0 heterocycles. The van der Waals surface area contributed by atoms with Crippen LogP contribution in [0.15, 0.2) is 36.4 Å². The molecular weight excluding hydrogens is 298 g/mol. The molecule has 0 aliphatic rings. The van der Waals surface area contributed by atoms with Crippen LogP contribution in [0.4, 0.5) is 10.5 Å². The maximum Gasteiger partial charge on any atom is 0.417 e. The third-order valence-electron chi connectivity index (χ3n) is 3.14. The number of carbonyl (C=O) groups excluding carboxylic acids is 1. The number of ether oxygens (including phenoxy) is 4. The molecule has 0 bridgehead atoms. The number of anilines is 1. The highest BCUT2D eigenvalue weighted by atomic mass is 16.6. The average Bonchev–Trinajstić information content (AvgIpc) is 2.55. The standard InChI is InChI=1S/C17H19NO5/c1-11-5-7-13(8-6-11)23-17(19)18-12-9-14(20-2)16(22-4)15(10-12)21-3/h5-10H,1-4H3,(H,18,19). The minimum atomic E-state index is -0.608. The van der Waals surface area contributed by atoms with E-state index in [0.29, 0.717) is 28.7 Å². The van der Waals surface area contributed by atoms with E-state index in [-0.39, 0.29) is 0 Å². The van der Waals surface area contributed by atoms with E-state index in [4.69, 9.17) is 18.9 Å². The smallest absolute Gasteiger partial charge is 0.417 e. The van der Waals surface area contributed by atoms with Gasteiger partial charge >= 0.3 is 6.09 Å². The molecule has 2 rings (SSSR count). The van der Waals surface area contributed by atoms with Crippen molar-refractivity contribution in [2.45, 2.75) is 6.92 Å². The summed E-state index contributed by atoms with van der Waals surface area (Å²) in [5.74, 6) is 1.79. The average molecular weight is 317 g/mol. The minimum absolute atomic E-state index is 0.442. The number of methoxy groups -OCH3 is 3. The summed E-state index contributed by atoms with van der Waals surface area (Å²) in [5.41, 5.74) is 1.55. The Morgan fingerprint density at radius 3 is 1.96 bits per heavy atom. The first-order valence-corrected chi connectivity index (χ1v) is 6.93. The largest absolute Gasteiger partial charge is 0.493 e. The SMILES string of the molecule is COc1cc(NC(=O)Oc2ccc(C)cc2)cc(OC)c1OC. The Kier molecular flexibility index (Phi) is 5.30. The van der Waals surface area contributed by atoms with Crippen molar-refractivity contribution in [1.82, 2.24) is 0 Å². The molecule has 2 aromatic rings. The predicted octanol–water partition coefficient (Wildman–Crippen LogP) is 3.63. The molecule has 0 spiro atoms. The van der Waals surface area contributed by atoms with Crippen LogP contribution in [0, 0.1) is 6.92 Å². The summed E-state index contributed by atoms with van der Waals surface area (Å²) >= 11 is 0. The predicted molar refractivity (Wildman–Crippen MR) is 86.9 cm³/mol. The Morgan fingerprint density at radius 1 is 0.913 bits per heavy atom. The van der Waals surface area contributed by atoms with Crippen LogP contribution in [0.2, 0.25) is 0 Å². The Morgan fingerprint density at radius 2 is 1.48 bits per heavy atom. The molecule has 0 saturated carbocycles. The van der Waals surface area contributed by atoms with Gasteiger partial charge in [0.05, 0.1) is 27.0 Å². The lowest BCUT2D eigenvalue weighted by molar-refractivity contribution is 0.215. The lowest BCUT2D eigenvalue weighted by Gasteiger charge is -2.14. The number of aryl methyl sites for hydroxylation is 1. The highest BCUT2D eigenvalue weighted by Crippen LogP contribution is 2.39. The molecule has 6 heteroatoms. The maximum atomic E-state index is 12.0. The molecule has 0 saturated heterocycles. The van der Waals surface area contributed by atoms with Crippen molar-refractivity contribution in [2.75, 3.05) is 26.6 Å². The number of carbonyl (C=O) groups is 1. The lowest BCUT2D eigenvalue weighted by atomic mass is 10.2. The Labute approximate surface area is 134 Å². The van der Waals surface area contributed by atoms with Crippen molar-refractivity contribution in [3.05, 3.63) is 42.0 Å². The van der Waals surface area contributed by atoms with Crippen molar-refractivity contribution < 1.29 is 23.7 Å². The zero-order chi connectivity index (χ0) is 16.8. The van der Waals surface area contributed by atoms with E-state index in [1.807, 2.05) is 19.1 Å². The topological polar surface area (TPSA) is 66.0 Å². The first-order chi connectivity index (χ1) is 11.1. The van der Waals surface area contributed by atoms with Crippen LogP contribution in [0.3, 0.4) is 0 Å². The van der Waals surface area contributed by atoms with E-state index in [1.54, 1.807) is 24.3 Å². The second kappa shape index (κ2) is 7.40. The highest BCUT2D eigenvalue weighted by Gasteiger charge is 2.15. The molecule has 6 nitrogen and oxygen atoms in total. The molecule has 0 atom stereocenters. The summed E-state index contributed by atoms with van der Waals surface area (Å²) in [6.07, 6.45) is -0.608. The quantitative estimate of drug-likeness (QED) is 0.912. The van der Waals surface area contributed by atoms with Crippen molar-refractivity contribution in [2.24, 2.45) is 0 Å². The second-order valence-corrected chi connectivity index (χ2v) is 4.74. The first kappa shape index (κ1) is 16.5. The monoisotopic (exact) mass is 317 g/mol. The van der Waals surface area contributed by atoms with Crippen LogP contribution in [-0.4, -0.2) is 27.4 Å². The van der Waals surface area contributed by atoms with Gasteiger partial charge < -0.3 is 18.9 Å². The van der Waals surface area contributed by atoms with Gasteiger partial charge in [0.2, 0.25) is 5.75 Å². The number of hydrogen-bond acceptors (Lipinski definition) is 5. The lowest BCUT2D eigenvalue weighted by Crippen LogP contribution is -2.16. The van der Waals surface area contributed by atoms with Crippen LogP contribution in [0.1, 0.15) is 5.56 Å². The molecule has 1 amide bonds. The zero-order valence-corrected chi connectivity index (χ0v) is 13.5. The molecule has 1 N–H and O–H groups in total. The number of benzene rings is 2. The van der Waals surface area contributed by atoms with Crippen LogP contribution in [0.25, 0.3) is 0 Å². The van der Waals surface area contributed by atoms with E-state index < -0.39 is 6.09 Å². The van der Waals surface area contributed by atoms with Crippen molar-refractivity contribution >= 4 is 11.8 Å². The van der Waals surface area contributed by atoms with E-state index in [1.165, 1.54) is 21.3 Å². The van der Waals surface area contributed by atoms with Crippen LogP contribution in [0.5, 0.6) is 23.0 Å².